The van der Waals surface area contributed by atoms with Gasteiger partial charge in [0.05, 0.1) is 5.92 Å². The number of imidazole rings is 1. The smallest absolute Gasteiger partial charge is 0.225 e. The van der Waals surface area contributed by atoms with Crippen molar-refractivity contribution in [2.24, 2.45) is 0 Å². The Balaban J connectivity index is 1.61. The number of rotatable bonds is 22. The van der Waals surface area contributed by atoms with Crippen LogP contribution in [0.2, 0.25) is 0 Å². The lowest BCUT2D eigenvalue weighted by molar-refractivity contribution is 0.531. The average molecular weight is 500 g/mol. The van der Waals surface area contributed by atoms with Crippen LogP contribution in [-0.2, 0) is 6.42 Å². The van der Waals surface area contributed by atoms with E-state index in [1.807, 2.05) is 6.20 Å². The molecule has 0 aromatic carbocycles. The zero-order valence-electron chi connectivity index (χ0n) is 23.2. The van der Waals surface area contributed by atoms with E-state index in [-0.39, 0.29) is 17.8 Å². The van der Waals surface area contributed by atoms with Gasteiger partial charge in [0.2, 0.25) is 11.9 Å². The van der Waals surface area contributed by atoms with E-state index in [9.17, 15) is 0 Å². The number of aryl methyl sites for hydroxylation is 1. The lowest BCUT2D eigenvalue weighted by Gasteiger charge is -2.14. The molecule has 0 bridgehead atoms. The van der Waals surface area contributed by atoms with Gasteiger partial charge in [-0.2, -0.15) is 15.0 Å². The van der Waals surface area contributed by atoms with Crippen molar-refractivity contribution in [3.05, 3.63) is 23.5 Å². The monoisotopic (exact) mass is 499 g/mol. The number of unbranched alkanes of at least 4 members (excludes halogenated alkanes) is 16. The summed E-state index contributed by atoms with van der Waals surface area (Å²) in [5.74, 6) is 2.06. The lowest BCUT2D eigenvalue weighted by Crippen LogP contribution is -2.12. The molecule has 204 valence electrons. The second-order valence-electron chi connectivity index (χ2n) is 10.4. The standard InChI is InChI=1S/C29H53N7/c1-3-5-7-8-9-10-11-12-13-14-15-16-17-18-20-22-26-32-23-25(33-26)24(21-19-6-4-2)27-34-28(30)36-29(31)35-27/h23-24H,3-22H2,1-2H3,(H,32,33)(H4,30,31,34,35,36). The van der Waals surface area contributed by atoms with Gasteiger partial charge in [-0.1, -0.05) is 123 Å². The summed E-state index contributed by atoms with van der Waals surface area (Å²) in [6.07, 6.45) is 28.0. The number of hydrogen-bond acceptors (Lipinski definition) is 6. The fraction of sp³-hybridized carbons (Fsp3) is 0.793. The number of aromatic amines is 1. The second kappa shape index (κ2) is 19.0. The van der Waals surface area contributed by atoms with E-state index in [4.69, 9.17) is 11.5 Å². The molecule has 5 N–H and O–H groups in total. The Kier molecular flexibility index (Phi) is 15.9. The summed E-state index contributed by atoms with van der Waals surface area (Å²) in [7, 11) is 0. The maximum atomic E-state index is 5.84. The minimum Gasteiger partial charge on any atom is -0.368 e. The van der Waals surface area contributed by atoms with Crippen LogP contribution in [0.1, 0.15) is 159 Å². The molecule has 0 saturated heterocycles. The van der Waals surface area contributed by atoms with Crippen molar-refractivity contribution in [3.63, 3.8) is 0 Å². The predicted molar refractivity (Wildman–Crippen MR) is 152 cm³/mol. The first kappa shape index (κ1) is 30.0. The molecule has 2 aromatic rings. The maximum Gasteiger partial charge on any atom is 0.225 e. The summed E-state index contributed by atoms with van der Waals surface area (Å²) in [6, 6.07) is 0. The molecule has 0 spiro atoms. The van der Waals surface area contributed by atoms with Crippen LogP contribution in [0.5, 0.6) is 0 Å². The third kappa shape index (κ3) is 12.7. The van der Waals surface area contributed by atoms with Crippen LogP contribution in [0.3, 0.4) is 0 Å². The number of nitrogens with two attached hydrogens (primary N) is 2. The van der Waals surface area contributed by atoms with Gasteiger partial charge >= 0.3 is 0 Å². The summed E-state index contributed by atoms with van der Waals surface area (Å²) in [5.41, 5.74) is 12.7. The fourth-order valence-corrected chi connectivity index (χ4v) is 4.95. The van der Waals surface area contributed by atoms with Gasteiger partial charge < -0.3 is 16.5 Å². The molecule has 1 atom stereocenters. The minimum absolute atomic E-state index is 0.0199. The van der Waals surface area contributed by atoms with Crippen LogP contribution in [0, 0.1) is 0 Å². The summed E-state index contributed by atoms with van der Waals surface area (Å²) in [5, 5.41) is 0. The van der Waals surface area contributed by atoms with Gasteiger partial charge in [-0.25, -0.2) is 4.98 Å². The normalized spacial score (nSPS) is 12.3. The highest BCUT2D eigenvalue weighted by atomic mass is 15.1. The van der Waals surface area contributed by atoms with E-state index >= 15 is 0 Å². The highest BCUT2D eigenvalue weighted by molar-refractivity contribution is 5.29. The third-order valence-electron chi connectivity index (χ3n) is 7.14. The first-order valence-electron chi connectivity index (χ1n) is 14.9. The molecule has 7 nitrogen and oxygen atoms in total. The summed E-state index contributed by atoms with van der Waals surface area (Å²) >= 11 is 0. The summed E-state index contributed by atoms with van der Waals surface area (Å²) in [4.78, 5) is 20.9. The zero-order valence-corrected chi connectivity index (χ0v) is 23.2. The average Bonchev–Trinajstić information content (AvgIpc) is 3.32. The van der Waals surface area contributed by atoms with Gasteiger partial charge in [0, 0.05) is 18.3 Å². The molecule has 0 radical (unpaired) electrons. The summed E-state index contributed by atoms with van der Waals surface area (Å²) < 4.78 is 0. The molecule has 7 heteroatoms. The highest BCUT2D eigenvalue weighted by Gasteiger charge is 2.21. The van der Waals surface area contributed by atoms with Crippen molar-refractivity contribution in [2.45, 2.75) is 148 Å². The third-order valence-corrected chi connectivity index (χ3v) is 7.14. The van der Waals surface area contributed by atoms with Gasteiger partial charge in [0.25, 0.3) is 0 Å². The van der Waals surface area contributed by atoms with Crippen LogP contribution in [0.15, 0.2) is 6.20 Å². The van der Waals surface area contributed by atoms with E-state index in [0.717, 1.165) is 30.8 Å². The number of nitrogens with one attached hydrogen (secondary N) is 1. The van der Waals surface area contributed by atoms with Crippen LogP contribution >= 0.6 is 0 Å². The summed E-state index contributed by atoms with van der Waals surface area (Å²) in [6.45, 7) is 4.49. The van der Waals surface area contributed by atoms with Crippen LogP contribution in [0.4, 0.5) is 11.9 Å². The molecular weight excluding hydrogens is 446 g/mol. The number of hydrogen-bond donors (Lipinski definition) is 3. The Bertz CT molecular complexity index is 784. The Hall–Kier alpha value is -2.18. The van der Waals surface area contributed by atoms with E-state index in [0.29, 0.717) is 5.82 Å². The van der Waals surface area contributed by atoms with Gasteiger partial charge in [-0.3, -0.25) is 0 Å². The van der Waals surface area contributed by atoms with Crippen molar-refractivity contribution in [1.82, 2.24) is 24.9 Å². The molecule has 0 amide bonds. The van der Waals surface area contributed by atoms with Gasteiger partial charge in [-0.05, 0) is 12.8 Å². The minimum atomic E-state index is 0.0199. The SMILES string of the molecule is CCCCCCCCCCCCCCCCCc1ncc(C(CCCCC)c2nc(N)nc(N)n2)[nH]1. The van der Waals surface area contributed by atoms with Gasteiger partial charge in [0.15, 0.2) is 0 Å². The topological polar surface area (TPSA) is 119 Å². The first-order chi connectivity index (χ1) is 17.6. The van der Waals surface area contributed by atoms with Gasteiger partial charge in [-0.15, -0.1) is 0 Å². The van der Waals surface area contributed by atoms with Gasteiger partial charge in [0.1, 0.15) is 11.6 Å². The Labute approximate surface area is 220 Å². The van der Waals surface area contributed by atoms with E-state index in [1.54, 1.807) is 0 Å². The lowest BCUT2D eigenvalue weighted by atomic mass is 9.97. The molecule has 2 rings (SSSR count). The maximum absolute atomic E-state index is 5.84. The number of nitrogen functional groups attached to an aromatic ring is 2. The molecule has 0 aliphatic carbocycles. The molecule has 36 heavy (non-hydrogen) atoms. The van der Waals surface area contributed by atoms with Crippen molar-refractivity contribution in [3.8, 4) is 0 Å². The number of H-pyrrole nitrogens is 1. The quantitative estimate of drug-likeness (QED) is 0.142. The Morgan fingerprint density at radius 2 is 1.11 bits per heavy atom. The van der Waals surface area contributed by atoms with Crippen LogP contribution in [0.25, 0.3) is 0 Å². The van der Waals surface area contributed by atoms with Crippen molar-refractivity contribution in [2.75, 3.05) is 11.5 Å². The number of aromatic nitrogens is 5. The molecular formula is C29H53N7. The zero-order chi connectivity index (χ0) is 25.8. The van der Waals surface area contributed by atoms with Crippen molar-refractivity contribution >= 4 is 11.9 Å². The van der Waals surface area contributed by atoms with E-state index < -0.39 is 0 Å². The van der Waals surface area contributed by atoms with E-state index in [1.165, 1.54) is 109 Å². The molecule has 0 aliphatic heterocycles. The predicted octanol–water partition coefficient (Wildman–Crippen LogP) is 7.89. The molecule has 1 unspecified atom stereocenters. The second-order valence-corrected chi connectivity index (χ2v) is 10.4. The fourth-order valence-electron chi connectivity index (χ4n) is 4.95. The number of nitrogens with zero attached hydrogens (tertiary/aromatic N) is 4. The molecule has 2 heterocycles. The largest absolute Gasteiger partial charge is 0.368 e. The molecule has 2 aromatic heterocycles. The van der Waals surface area contributed by atoms with Crippen LogP contribution < -0.4 is 11.5 Å². The number of anilines is 2. The first-order valence-corrected chi connectivity index (χ1v) is 14.9. The molecule has 0 aliphatic rings. The Morgan fingerprint density at radius 3 is 1.64 bits per heavy atom. The molecule has 0 fully saturated rings. The van der Waals surface area contributed by atoms with Crippen molar-refractivity contribution < 1.29 is 0 Å². The van der Waals surface area contributed by atoms with E-state index in [2.05, 4.69) is 38.8 Å². The molecule has 0 saturated carbocycles. The Morgan fingerprint density at radius 1 is 0.639 bits per heavy atom. The van der Waals surface area contributed by atoms with Crippen LogP contribution in [-0.4, -0.2) is 24.9 Å². The van der Waals surface area contributed by atoms with Crippen molar-refractivity contribution in [1.29, 1.82) is 0 Å². The highest BCUT2D eigenvalue weighted by Crippen LogP contribution is 2.27.